The van der Waals surface area contributed by atoms with Gasteiger partial charge in [0, 0.05) is 5.82 Å². The van der Waals surface area contributed by atoms with E-state index in [2.05, 4.69) is 0 Å². The maximum Gasteiger partial charge on any atom is 0.276 e. The standard InChI is InChI=1S/C8H6Cl3OP/c9-8(6-13(10,11)12)7-4-2-1-3-5-7/h1-6H. The van der Waals surface area contributed by atoms with Crippen LogP contribution in [0.15, 0.2) is 36.1 Å². The molecule has 0 saturated carbocycles. The second kappa shape index (κ2) is 4.52. The van der Waals surface area contributed by atoms with Crippen LogP contribution in [0.4, 0.5) is 0 Å². The molecule has 0 amide bonds. The van der Waals surface area contributed by atoms with Gasteiger partial charge in [0.25, 0.3) is 5.85 Å². The van der Waals surface area contributed by atoms with E-state index in [1.165, 1.54) is 0 Å². The molecule has 0 atom stereocenters. The maximum absolute atomic E-state index is 11.0. The van der Waals surface area contributed by atoms with Gasteiger partial charge in [-0.05, 0) is 28.0 Å². The van der Waals surface area contributed by atoms with Crippen molar-refractivity contribution in [2.75, 3.05) is 0 Å². The number of rotatable bonds is 2. The fraction of sp³-hybridized carbons (Fsp3) is 0. The molecule has 1 aromatic carbocycles. The minimum absolute atomic E-state index is 0.300. The molecule has 0 unspecified atom stereocenters. The minimum atomic E-state index is -3.24. The third-order valence-corrected chi connectivity index (χ3v) is 2.94. The molecule has 0 bridgehead atoms. The molecule has 0 aliphatic carbocycles. The highest BCUT2D eigenvalue weighted by Crippen LogP contribution is 2.59. The summed E-state index contributed by atoms with van der Waals surface area (Å²) in [5, 5.41) is 0.300. The topological polar surface area (TPSA) is 17.1 Å². The summed E-state index contributed by atoms with van der Waals surface area (Å²) < 4.78 is 11.0. The molecule has 5 heteroatoms. The van der Waals surface area contributed by atoms with Crippen molar-refractivity contribution < 1.29 is 4.57 Å². The van der Waals surface area contributed by atoms with Crippen molar-refractivity contribution in [2.45, 2.75) is 0 Å². The normalized spacial score (nSPS) is 13.0. The number of hydrogen-bond donors (Lipinski definition) is 0. The Balaban J connectivity index is 2.99. The van der Waals surface area contributed by atoms with Gasteiger partial charge in [0.05, 0.1) is 5.03 Å². The predicted octanol–water partition coefficient (Wildman–Crippen LogP) is 4.89. The number of halogens is 3. The summed E-state index contributed by atoms with van der Waals surface area (Å²) >= 11 is 16.5. The van der Waals surface area contributed by atoms with Crippen LogP contribution in [0, 0.1) is 0 Å². The predicted molar refractivity (Wildman–Crippen MR) is 59.6 cm³/mol. The Morgan fingerprint density at radius 3 is 2.23 bits per heavy atom. The fourth-order valence-electron chi connectivity index (χ4n) is 0.804. The lowest BCUT2D eigenvalue weighted by Gasteiger charge is -1.98. The van der Waals surface area contributed by atoms with Crippen LogP contribution in [0.25, 0.3) is 5.03 Å². The molecule has 0 fully saturated rings. The monoisotopic (exact) mass is 254 g/mol. The second-order valence-corrected chi connectivity index (χ2v) is 7.55. The highest BCUT2D eigenvalue weighted by Gasteiger charge is 2.11. The molecule has 0 spiro atoms. The summed E-state index contributed by atoms with van der Waals surface area (Å²) in [6.45, 7) is 0. The highest BCUT2D eigenvalue weighted by molar-refractivity contribution is 8.10. The molecule has 0 heterocycles. The third kappa shape index (κ3) is 4.19. The van der Waals surface area contributed by atoms with Crippen LogP contribution in [-0.2, 0) is 4.57 Å². The highest BCUT2D eigenvalue weighted by atomic mass is 35.9. The van der Waals surface area contributed by atoms with E-state index in [1.54, 1.807) is 12.1 Å². The average Bonchev–Trinajstić information content (AvgIpc) is 2.03. The fourth-order valence-corrected chi connectivity index (χ4v) is 2.64. The first-order chi connectivity index (χ1) is 5.99. The molecule has 70 valence electrons. The van der Waals surface area contributed by atoms with Crippen LogP contribution in [0.1, 0.15) is 5.56 Å². The zero-order valence-corrected chi connectivity index (χ0v) is 9.62. The van der Waals surface area contributed by atoms with E-state index in [-0.39, 0.29) is 0 Å². The molecule has 1 rings (SSSR count). The van der Waals surface area contributed by atoms with Crippen LogP contribution < -0.4 is 0 Å². The van der Waals surface area contributed by atoms with Crippen LogP contribution >= 0.6 is 39.9 Å². The van der Waals surface area contributed by atoms with E-state index in [4.69, 9.17) is 34.1 Å². The summed E-state index contributed by atoms with van der Waals surface area (Å²) in [6.07, 6.45) is 0. The second-order valence-electron chi connectivity index (χ2n) is 2.35. The van der Waals surface area contributed by atoms with Gasteiger partial charge >= 0.3 is 0 Å². The lowest BCUT2D eigenvalue weighted by Crippen LogP contribution is -1.73. The number of hydrogen-bond acceptors (Lipinski definition) is 1. The zero-order valence-electron chi connectivity index (χ0n) is 6.45. The summed E-state index contributed by atoms with van der Waals surface area (Å²) in [6, 6.07) is 9.05. The lowest BCUT2D eigenvalue weighted by molar-refractivity contribution is 0.597. The van der Waals surface area contributed by atoms with Gasteiger partial charge < -0.3 is 0 Å². The lowest BCUT2D eigenvalue weighted by atomic mass is 10.2. The van der Waals surface area contributed by atoms with E-state index in [1.807, 2.05) is 18.2 Å². The van der Waals surface area contributed by atoms with E-state index >= 15 is 0 Å². The Labute approximate surface area is 91.3 Å². The van der Waals surface area contributed by atoms with Gasteiger partial charge in [-0.15, -0.1) is 0 Å². The van der Waals surface area contributed by atoms with Crippen molar-refractivity contribution in [1.82, 2.24) is 0 Å². The molecular weight excluding hydrogens is 249 g/mol. The summed E-state index contributed by atoms with van der Waals surface area (Å²) in [5.74, 6) is -2.08. The van der Waals surface area contributed by atoms with Gasteiger partial charge in [0.2, 0.25) is 0 Å². The molecule has 0 radical (unpaired) electrons. The Hall–Kier alpha value is 0.0600. The molecular formula is C8H6Cl3OP. The van der Waals surface area contributed by atoms with Gasteiger partial charge in [-0.2, -0.15) is 0 Å². The minimum Gasteiger partial charge on any atom is -0.285 e. The van der Waals surface area contributed by atoms with E-state index in [0.717, 1.165) is 11.4 Å². The number of benzene rings is 1. The van der Waals surface area contributed by atoms with Crippen LogP contribution in [0.5, 0.6) is 0 Å². The Morgan fingerprint density at radius 1 is 1.23 bits per heavy atom. The van der Waals surface area contributed by atoms with E-state index in [0.29, 0.717) is 5.03 Å². The van der Waals surface area contributed by atoms with Crippen molar-refractivity contribution >= 4 is 45.0 Å². The SMILES string of the molecule is O=P(Cl)(Cl)C=C(Cl)c1ccccc1. The van der Waals surface area contributed by atoms with Crippen molar-refractivity contribution in [3.05, 3.63) is 41.7 Å². The van der Waals surface area contributed by atoms with Crippen LogP contribution in [0.2, 0.25) is 0 Å². The van der Waals surface area contributed by atoms with Crippen molar-refractivity contribution in [1.29, 1.82) is 0 Å². The van der Waals surface area contributed by atoms with Gasteiger partial charge in [-0.3, -0.25) is 4.57 Å². The average molecular weight is 255 g/mol. The Bertz CT molecular complexity index is 355. The molecule has 0 aliphatic rings. The first kappa shape index (κ1) is 11.1. The summed E-state index contributed by atoms with van der Waals surface area (Å²) in [7, 11) is 0. The molecule has 0 aliphatic heterocycles. The molecule has 0 aromatic heterocycles. The summed E-state index contributed by atoms with van der Waals surface area (Å²) in [5.41, 5.74) is 0.741. The smallest absolute Gasteiger partial charge is 0.276 e. The van der Waals surface area contributed by atoms with Crippen LogP contribution in [0.3, 0.4) is 0 Å². The molecule has 0 saturated heterocycles. The molecule has 1 nitrogen and oxygen atoms in total. The summed E-state index contributed by atoms with van der Waals surface area (Å²) in [4.78, 5) is 0. The van der Waals surface area contributed by atoms with Gasteiger partial charge in [-0.1, -0.05) is 41.9 Å². The van der Waals surface area contributed by atoms with Crippen molar-refractivity contribution in [3.8, 4) is 0 Å². The molecule has 1 aromatic rings. The quantitative estimate of drug-likeness (QED) is 0.687. The zero-order chi connectivity index (χ0) is 9.90. The Kier molecular flexibility index (Phi) is 3.87. The largest absolute Gasteiger partial charge is 0.285 e. The van der Waals surface area contributed by atoms with E-state index in [9.17, 15) is 4.57 Å². The first-order valence-corrected chi connectivity index (χ1v) is 7.38. The van der Waals surface area contributed by atoms with Crippen LogP contribution in [-0.4, -0.2) is 0 Å². The van der Waals surface area contributed by atoms with E-state index < -0.39 is 5.85 Å². The van der Waals surface area contributed by atoms with Gasteiger partial charge in [-0.25, -0.2) is 0 Å². The molecule has 13 heavy (non-hydrogen) atoms. The van der Waals surface area contributed by atoms with Gasteiger partial charge in [0.1, 0.15) is 0 Å². The maximum atomic E-state index is 11.0. The van der Waals surface area contributed by atoms with Crippen molar-refractivity contribution in [3.63, 3.8) is 0 Å². The first-order valence-electron chi connectivity index (χ1n) is 3.42. The Morgan fingerprint density at radius 2 is 1.77 bits per heavy atom. The van der Waals surface area contributed by atoms with Gasteiger partial charge in [0.15, 0.2) is 0 Å². The third-order valence-electron chi connectivity index (χ3n) is 1.31. The molecule has 0 N–H and O–H groups in total. The van der Waals surface area contributed by atoms with Crippen molar-refractivity contribution in [2.24, 2.45) is 0 Å².